The molecule has 0 aliphatic heterocycles. The number of rotatable bonds is 7. The highest BCUT2D eigenvalue weighted by atomic mass is 32.2. The van der Waals surface area contributed by atoms with E-state index >= 15 is 0 Å². The molecule has 0 fully saturated rings. The minimum atomic E-state index is -0.607. The van der Waals surface area contributed by atoms with Crippen molar-refractivity contribution in [2.24, 2.45) is 0 Å². The number of halogens is 1. The summed E-state index contributed by atoms with van der Waals surface area (Å²) >= 11 is 1.63. The first kappa shape index (κ1) is 17.0. The zero-order valence-electron chi connectivity index (χ0n) is 12.4. The van der Waals surface area contributed by atoms with Gasteiger partial charge in [0.2, 0.25) is 5.91 Å². The Labute approximate surface area is 138 Å². The number of hydrogen-bond acceptors (Lipinski definition) is 3. The Morgan fingerprint density at radius 2 is 1.65 bits per heavy atom. The van der Waals surface area contributed by atoms with Crippen LogP contribution in [-0.2, 0) is 4.79 Å². The molecule has 23 heavy (non-hydrogen) atoms. The van der Waals surface area contributed by atoms with Gasteiger partial charge in [0.25, 0.3) is 5.91 Å². The van der Waals surface area contributed by atoms with E-state index in [9.17, 15) is 14.0 Å². The second-order valence-electron chi connectivity index (χ2n) is 4.67. The van der Waals surface area contributed by atoms with Crippen LogP contribution in [0.15, 0.2) is 59.5 Å². The van der Waals surface area contributed by atoms with Gasteiger partial charge in [0.1, 0.15) is 5.82 Å². The molecule has 6 heteroatoms. The van der Waals surface area contributed by atoms with Crippen LogP contribution in [0.5, 0.6) is 0 Å². The Bertz CT molecular complexity index is 665. The average Bonchev–Trinajstić information content (AvgIpc) is 2.58. The van der Waals surface area contributed by atoms with Gasteiger partial charge in [0, 0.05) is 17.2 Å². The summed E-state index contributed by atoms with van der Waals surface area (Å²) in [7, 11) is 0. The molecular formula is C17H17FN2O2S. The van der Waals surface area contributed by atoms with E-state index in [0.717, 1.165) is 10.6 Å². The minimum absolute atomic E-state index is 0.0695. The molecule has 2 N–H and O–H groups in total. The molecule has 0 radical (unpaired) electrons. The van der Waals surface area contributed by atoms with E-state index in [1.807, 2.05) is 30.3 Å². The number of carbonyl (C=O) groups is 2. The SMILES string of the molecule is O=C(CNC(=O)c1ccccc1F)NCCSc1ccccc1. The first-order valence-corrected chi connectivity index (χ1v) is 8.12. The topological polar surface area (TPSA) is 58.2 Å². The second-order valence-corrected chi connectivity index (χ2v) is 5.84. The largest absolute Gasteiger partial charge is 0.354 e. The van der Waals surface area contributed by atoms with Crippen LogP contribution in [0.2, 0.25) is 0 Å². The quantitative estimate of drug-likeness (QED) is 0.605. The highest BCUT2D eigenvalue weighted by Gasteiger charge is 2.11. The molecule has 120 valence electrons. The molecule has 2 rings (SSSR count). The fourth-order valence-corrected chi connectivity index (χ4v) is 2.63. The van der Waals surface area contributed by atoms with E-state index in [2.05, 4.69) is 10.6 Å². The molecule has 2 aromatic rings. The van der Waals surface area contributed by atoms with Crippen molar-refractivity contribution in [2.45, 2.75) is 4.90 Å². The summed E-state index contributed by atoms with van der Waals surface area (Å²) in [4.78, 5) is 24.5. The molecule has 0 atom stereocenters. The Hall–Kier alpha value is -2.34. The molecule has 2 aromatic carbocycles. The van der Waals surface area contributed by atoms with Crippen molar-refractivity contribution in [3.63, 3.8) is 0 Å². The van der Waals surface area contributed by atoms with Crippen molar-refractivity contribution in [1.82, 2.24) is 10.6 Å². The maximum Gasteiger partial charge on any atom is 0.254 e. The van der Waals surface area contributed by atoms with Crippen LogP contribution in [0.1, 0.15) is 10.4 Å². The van der Waals surface area contributed by atoms with Gasteiger partial charge in [-0.05, 0) is 24.3 Å². The van der Waals surface area contributed by atoms with Crippen LogP contribution in [0.4, 0.5) is 4.39 Å². The van der Waals surface area contributed by atoms with Crippen molar-refractivity contribution < 1.29 is 14.0 Å². The predicted molar refractivity (Wildman–Crippen MR) is 88.9 cm³/mol. The lowest BCUT2D eigenvalue weighted by Gasteiger charge is -2.07. The Morgan fingerprint density at radius 1 is 0.957 bits per heavy atom. The first-order valence-electron chi connectivity index (χ1n) is 7.14. The molecule has 0 spiro atoms. The number of nitrogens with one attached hydrogen (secondary N) is 2. The lowest BCUT2D eigenvalue weighted by atomic mass is 10.2. The highest BCUT2D eigenvalue weighted by Crippen LogP contribution is 2.15. The summed E-state index contributed by atoms with van der Waals surface area (Å²) in [5.41, 5.74) is -0.0695. The molecule has 0 unspecified atom stereocenters. The Kier molecular flexibility index (Phi) is 6.62. The van der Waals surface area contributed by atoms with Gasteiger partial charge in [-0.2, -0.15) is 0 Å². The molecule has 0 heterocycles. The summed E-state index contributed by atoms with van der Waals surface area (Å²) < 4.78 is 13.4. The summed E-state index contributed by atoms with van der Waals surface area (Å²) in [5, 5.41) is 5.11. The van der Waals surface area contributed by atoms with Crippen LogP contribution in [0.3, 0.4) is 0 Å². The summed E-state index contributed by atoms with van der Waals surface area (Å²) in [6, 6.07) is 15.5. The fraction of sp³-hybridized carbons (Fsp3) is 0.176. The summed E-state index contributed by atoms with van der Waals surface area (Å²) in [6.45, 7) is 0.317. The minimum Gasteiger partial charge on any atom is -0.354 e. The van der Waals surface area contributed by atoms with Crippen LogP contribution in [0.25, 0.3) is 0 Å². The molecule has 0 aromatic heterocycles. The summed E-state index contributed by atoms with van der Waals surface area (Å²) in [5.74, 6) is -0.776. The Balaban J connectivity index is 1.65. The van der Waals surface area contributed by atoms with Gasteiger partial charge in [-0.1, -0.05) is 30.3 Å². The third-order valence-electron chi connectivity index (χ3n) is 2.96. The zero-order valence-corrected chi connectivity index (χ0v) is 13.2. The lowest BCUT2D eigenvalue weighted by molar-refractivity contribution is -0.120. The number of hydrogen-bond donors (Lipinski definition) is 2. The van der Waals surface area contributed by atoms with Gasteiger partial charge < -0.3 is 10.6 Å². The fourth-order valence-electron chi connectivity index (χ4n) is 1.84. The van der Waals surface area contributed by atoms with Crippen molar-refractivity contribution in [3.8, 4) is 0 Å². The molecule has 0 aliphatic rings. The van der Waals surface area contributed by atoms with Crippen LogP contribution < -0.4 is 10.6 Å². The van der Waals surface area contributed by atoms with Crippen LogP contribution in [0, 0.1) is 5.82 Å². The van der Waals surface area contributed by atoms with E-state index in [1.54, 1.807) is 17.8 Å². The lowest BCUT2D eigenvalue weighted by Crippen LogP contribution is -2.38. The average molecular weight is 332 g/mol. The van der Waals surface area contributed by atoms with Gasteiger partial charge in [-0.15, -0.1) is 11.8 Å². The van der Waals surface area contributed by atoms with Crippen LogP contribution >= 0.6 is 11.8 Å². The van der Waals surface area contributed by atoms with Gasteiger partial charge in [-0.25, -0.2) is 4.39 Å². The number of benzene rings is 2. The molecule has 0 bridgehead atoms. The molecule has 0 saturated carbocycles. The molecule has 4 nitrogen and oxygen atoms in total. The van der Waals surface area contributed by atoms with Gasteiger partial charge in [0.15, 0.2) is 0 Å². The van der Waals surface area contributed by atoms with E-state index in [4.69, 9.17) is 0 Å². The van der Waals surface area contributed by atoms with Gasteiger partial charge in [-0.3, -0.25) is 9.59 Å². The van der Waals surface area contributed by atoms with E-state index < -0.39 is 11.7 Å². The molecule has 0 saturated heterocycles. The monoisotopic (exact) mass is 332 g/mol. The first-order chi connectivity index (χ1) is 11.2. The van der Waals surface area contributed by atoms with Crippen molar-refractivity contribution in [2.75, 3.05) is 18.8 Å². The smallest absolute Gasteiger partial charge is 0.254 e. The predicted octanol–water partition coefficient (Wildman–Crippen LogP) is 2.46. The molecular weight excluding hydrogens is 315 g/mol. The van der Waals surface area contributed by atoms with Crippen LogP contribution in [-0.4, -0.2) is 30.7 Å². The van der Waals surface area contributed by atoms with Gasteiger partial charge >= 0.3 is 0 Å². The highest BCUT2D eigenvalue weighted by molar-refractivity contribution is 7.99. The maximum absolute atomic E-state index is 13.4. The van der Waals surface area contributed by atoms with Crippen molar-refractivity contribution in [1.29, 1.82) is 0 Å². The van der Waals surface area contributed by atoms with E-state index in [-0.39, 0.29) is 18.0 Å². The van der Waals surface area contributed by atoms with E-state index in [1.165, 1.54) is 18.2 Å². The number of amides is 2. The normalized spacial score (nSPS) is 10.1. The van der Waals surface area contributed by atoms with Crippen molar-refractivity contribution >= 4 is 23.6 Å². The molecule has 2 amide bonds. The standard InChI is InChI=1S/C17H17FN2O2S/c18-15-9-5-4-8-14(15)17(22)20-12-16(21)19-10-11-23-13-6-2-1-3-7-13/h1-9H,10-12H2,(H,19,21)(H,20,22). The maximum atomic E-state index is 13.4. The number of thioether (sulfide) groups is 1. The van der Waals surface area contributed by atoms with Crippen molar-refractivity contribution in [3.05, 3.63) is 66.0 Å². The number of carbonyl (C=O) groups excluding carboxylic acids is 2. The Morgan fingerprint density at radius 3 is 2.39 bits per heavy atom. The van der Waals surface area contributed by atoms with Gasteiger partial charge in [0.05, 0.1) is 12.1 Å². The third-order valence-corrected chi connectivity index (χ3v) is 3.98. The zero-order chi connectivity index (χ0) is 16.5. The third kappa shape index (κ3) is 5.75. The molecule has 0 aliphatic carbocycles. The second kappa shape index (κ2) is 8.95. The van der Waals surface area contributed by atoms with E-state index in [0.29, 0.717) is 6.54 Å². The summed E-state index contributed by atoms with van der Waals surface area (Å²) in [6.07, 6.45) is 0.